The molecule has 0 aliphatic heterocycles. The van der Waals surface area contributed by atoms with Gasteiger partial charge in [0.2, 0.25) is 5.91 Å². The van der Waals surface area contributed by atoms with E-state index in [1.54, 1.807) is 60.1 Å². The van der Waals surface area contributed by atoms with Crippen molar-refractivity contribution in [2.45, 2.75) is 58.7 Å². The highest BCUT2D eigenvalue weighted by Gasteiger charge is 2.32. The lowest BCUT2D eigenvalue weighted by Gasteiger charge is -2.29. The van der Waals surface area contributed by atoms with Gasteiger partial charge in [0, 0.05) is 12.3 Å². The second-order valence-corrected chi connectivity index (χ2v) is 7.07. The first-order chi connectivity index (χ1) is 10.9. The quantitative estimate of drug-likeness (QED) is 0.862. The molecule has 2 amide bonds. The van der Waals surface area contributed by atoms with E-state index < -0.39 is 17.2 Å². The molecule has 0 radical (unpaired) electrons. The molecule has 1 aromatic heterocycles. The average molecular weight is 337 g/mol. The molecule has 7 nitrogen and oxygen atoms in total. The molecule has 1 heterocycles. The van der Waals surface area contributed by atoms with E-state index in [1.165, 1.54) is 0 Å². The smallest absolute Gasteiger partial charge is 0.408 e. The number of methoxy groups -OCH3 is 1. The largest absolute Gasteiger partial charge is 0.497 e. The molecule has 0 aliphatic rings. The lowest BCUT2D eigenvalue weighted by Crippen LogP contribution is -2.56. The van der Waals surface area contributed by atoms with Crippen LogP contribution in [0.2, 0.25) is 0 Å². The highest BCUT2D eigenvalue weighted by atomic mass is 16.6. The number of ether oxygens (including phenoxy) is 2. The summed E-state index contributed by atoms with van der Waals surface area (Å²) in [5, 5.41) is 5.40. The first-order valence-corrected chi connectivity index (χ1v) is 7.76. The van der Waals surface area contributed by atoms with Gasteiger partial charge >= 0.3 is 6.09 Å². The molecule has 0 saturated carbocycles. The number of carbonyl (C=O) groups excluding carboxylic acids is 2. The zero-order chi connectivity index (χ0) is 18.5. The van der Waals surface area contributed by atoms with Crippen LogP contribution in [0.5, 0.6) is 5.75 Å². The van der Waals surface area contributed by atoms with Crippen LogP contribution in [0, 0.1) is 0 Å². The van der Waals surface area contributed by atoms with Gasteiger partial charge in [0.05, 0.1) is 18.8 Å². The Balaban J connectivity index is 2.72. The highest BCUT2D eigenvalue weighted by molar-refractivity contribution is 5.89. The fraction of sp³-hybridized carbons (Fsp3) is 0.588. The SMILES string of the molecule is COc1ccnc(C(C)NC(=O)C(C)(C)NC(=O)OC(C)(C)C)c1. The van der Waals surface area contributed by atoms with E-state index >= 15 is 0 Å². The Hall–Kier alpha value is -2.31. The van der Waals surface area contributed by atoms with Crippen LogP contribution in [0.15, 0.2) is 18.3 Å². The second kappa shape index (κ2) is 7.51. The molecule has 0 aliphatic carbocycles. The summed E-state index contributed by atoms with van der Waals surface area (Å²) in [6.45, 7) is 10.3. The number of alkyl carbamates (subject to hydrolysis) is 1. The van der Waals surface area contributed by atoms with Gasteiger partial charge in [-0.15, -0.1) is 0 Å². The van der Waals surface area contributed by atoms with Gasteiger partial charge in [-0.05, 0) is 47.6 Å². The van der Waals surface area contributed by atoms with Crippen molar-refractivity contribution in [2.24, 2.45) is 0 Å². The van der Waals surface area contributed by atoms with Crippen molar-refractivity contribution < 1.29 is 19.1 Å². The molecule has 0 spiro atoms. The van der Waals surface area contributed by atoms with Crippen LogP contribution in [0.4, 0.5) is 4.79 Å². The third kappa shape index (κ3) is 6.06. The second-order valence-electron chi connectivity index (χ2n) is 7.07. The van der Waals surface area contributed by atoms with Crippen molar-refractivity contribution >= 4 is 12.0 Å². The monoisotopic (exact) mass is 337 g/mol. The van der Waals surface area contributed by atoms with Crippen molar-refractivity contribution in [2.75, 3.05) is 7.11 Å². The van der Waals surface area contributed by atoms with Crippen molar-refractivity contribution in [1.82, 2.24) is 15.6 Å². The van der Waals surface area contributed by atoms with Crippen LogP contribution in [0.1, 0.15) is 53.3 Å². The summed E-state index contributed by atoms with van der Waals surface area (Å²) < 4.78 is 10.3. The van der Waals surface area contributed by atoms with Crippen molar-refractivity contribution in [3.8, 4) is 5.75 Å². The number of carbonyl (C=O) groups is 2. The number of hydrogen-bond acceptors (Lipinski definition) is 5. The van der Waals surface area contributed by atoms with Crippen molar-refractivity contribution in [3.63, 3.8) is 0 Å². The third-order valence-electron chi connectivity index (χ3n) is 3.16. The van der Waals surface area contributed by atoms with Crippen molar-refractivity contribution in [3.05, 3.63) is 24.0 Å². The van der Waals surface area contributed by atoms with E-state index in [4.69, 9.17) is 9.47 Å². The number of nitrogens with one attached hydrogen (secondary N) is 2. The molecule has 0 bridgehead atoms. The molecule has 24 heavy (non-hydrogen) atoms. The zero-order valence-corrected chi connectivity index (χ0v) is 15.4. The molecule has 0 fully saturated rings. The van der Waals surface area contributed by atoms with Crippen molar-refractivity contribution in [1.29, 1.82) is 0 Å². The molecule has 1 rings (SSSR count). The Morgan fingerprint density at radius 3 is 2.38 bits per heavy atom. The summed E-state index contributed by atoms with van der Waals surface area (Å²) in [4.78, 5) is 28.6. The topological polar surface area (TPSA) is 89.5 Å². The minimum absolute atomic E-state index is 0.340. The summed E-state index contributed by atoms with van der Waals surface area (Å²) in [5.74, 6) is 0.317. The number of rotatable bonds is 5. The van der Waals surface area contributed by atoms with Crippen LogP contribution in [-0.4, -0.2) is 35.2 Å². The number of pyridine rings is 1. The third-order valence-corrected chi connectivity index (χ3v) is 3.16. The molecule has 1 unspecified atom stereocenters. The highest BCUT2D eigenvalue weighted by Crippen LogP contribution is 2.17. The van der Waals surface area contributed by atoms with Gasteiger partial charge in [-0.2, -0.15) is 0 Å². The molecular weight excluding hydrogens is 310 g/mol. The number of aromatic nitrogens is 1. The van der Waals surface area contributed by atoms with E-state index in [0.29, 0.717) is 11.4 Å². The van der Waals surface area contributed by atoms with Crippen LogP contribution in [-0.2, 0) is 9.53 Å². The maximum atomic E-state index is 12.5. The molecule has 2 N–H and O–H groups in total. The molecule has 0 aromatic carbocycles. The van der Waals surface area contributed by atoms with E-state index in [1.807, 2.05) is 6.92 Å². The van der Waals surface area contributed by atoms with Gasteiger partial charge < -0.3 is 20.1 Å². The fourth-order valence-corrected chi connectivity index (χ4v) is 1.86. The maximum Gasteiger partial charge on any atom is 0.408 e. The number of amides is 2. The standard InChI is InChI=1S/C17H27N3O4/c1-11(13-10-12(23-7)8-9-18-13)19-14(21)17(5,6)20-15(22)24-16(2,3)4/h8-11H,1-7H3,(H,19,21)(H,20,22). The molecule has 1 atom stereocenters. The minimum Gasteiger partial charge on any atom is -0.497 e. The Labute approximate surface area is 143 Å². The Bertz CT molecular complexity index is 594. The maximum absolute atomic E-state index is 12.5. The van der Waals surface area contributed by atoms with E-state index in [9.17, 15) is 9.59 Å². The molecule has 134 valence electrons. The Morgan fingerprint density at radius 1 is 1.21 bits per heavy atom. The summed E-state index contributed by atoms with van der Waals surface area (Å²) in [6, 6.07) is 3.14. The first-order valence-electron chi connectivity index (χ1n) is 7.76. The van der Waals surface area contributed by atoms with Crippen LogP contribution in [0.25, 0.3) is 0 Å². The van der Waals surface area contributed by atoms with E-state index in [0.717, 1.165) is 0 Å². The van der Waals surface area contributed by atoms with E-state index in [-0.39, 0.29) is 11.9 Å². The Kier molecular flexibility index (Phi) is 6.17. The molecular formula is C17H27N3O4. The predicted molar refractivity (Wildman–Crippen MR) is 90.8 cm³/mol. The average Bonchev–Trinajstić information content (AvgIpc) is 2.44. The summed E-state index contributed by atoms with van der Waals surface area (Å²) in [6.07, 6.45) is 0.968. The van der Waals surface area contributed by atoms with Crippen LogP contribution < -0.4 is 15.4 Å². The normalized spacial score (nSPS) is 13.0. The Morgan fingerprint density at radius 2 is 1.83 bits per heavy atom. The summed E-state index contributed by atoms with van der Waals surface area (Å²) in [5.41, 5.74) is -1.10. The minimum atomic E-state index is -1.13. The number of hydrogen-bond donors (Lipinski definition) is 2. The van der Waals surface area contributed by atoms with E-state index in [2.05, 4.69) is 15.6 Å². The zero-order valence-electron chi connectivity index (χ0n) is 15.4. The van der Waals surface area contributed by atoms with Crippen LogP contribution >= 0.6 is 0 Å². The van der Waals surface area contributed by atoms with Gasteiger partial charge in [0.25, 0.3) is 0 Å². The van der Waals surface area contributed by atoms with Gasteiger partial charge in [0.1, 0.15) is 16.9 Å². The predicted octanol–water partition coefficient (Wildman–Crippen LogP) is 2.57. The molecule has 1 aromatic rings. The van der Waals surface area contributed by atoms with Gasteiger partial charge in [0.15, 0.2) is 0 Å². The number of nitrogens with zero attached hydrogens (tertiary/aromatic N) is 1. The van der Waals surface area contributed by atoms with Gasteiger partial charge in [-0.25, -0.2) is 4.79 Å². The fourth-order valence-electron chi connectivity index (χ4n) is 1.86. The van der Waals surface area contributed by atoms with Crippen LogP contribution in [0.3, 0.4) is 0 Å². The van der Waals surface area contributed by atoms with Gasteiger partial charge in [-0.1, -0.05) is 0 Å². The molecule has 7 heteroatoms. The summed E-state index contributed by atoms with van der Waals surface area (Å²) in [7, 11) is 1.57. The summed E-state index contributed by atoms with van der Waals surface area (Å²) >= 11 is 0. The molecule has 0 saturated heterocycles. The lowest BCUT2D eigenvalue weighted by atomic mass is 10.0. The lowest BCUT2D eigenvalue weighted by molar-refractivity contribution is -0.127. The first kappa shape index (κ1) is 19.7. The van der Waals surface area contributed by atoms with Gasteiger partial charge in [-0.3, -0.25) is 9.78 Å².